The third kappa shape index (κ3) is 9.18. The predicted octanol–water partition coefficient (Wildman–Crippen LogP) is 2.82. The van der Waals surface area contributed by atoms with Crippen LogP contribution in [0.15, 0.2) is 0 Å². The molecule has 0 saturated heterocycles. The van der Waals surface area contributed by atoms with Gasteiger partial charge in [0, 0.05) is 11.0 Å². The van der Waals surface area contributed by atoms with E-state index in [0.29, 0.717) is 49.7 Å². The van der Waals surface area contributed by atoms with Gasteiger partial charge in [-0.15, -0.1) is 0 Å². The van der Waals surface area contributed by atoms with Gasteiger partial charge in [0.1, 0.15) is 0 Å². The average Bonchev–Trinajstić information content (AvgIpc) is 2.62. The smallest absolute Gasteiger partial charge is 0.0704 e. The van der Waals surface area contributed by atoms with E-state index in [-0.39, 0.29) is 0 Å². The van der Waals surface area contributed by atoms with Crippen molar-refractivity contribution in [1.29, 1.82) is 0 Å². The SMILES string of the molecule is COCCOCCOCCOC1CCCCCC1I. The van der Waals surface area contributed by atoms with E-state index in [1.165, 1.54) is 32.1 Å². The Morgan fingerprint density at radius 3 is 2.21 bits per heavy atom. The first-order chi connectivity index (χ1) is 9.34. The summed E-state index contributed by atoms with van der Waals surface area (Å²) in [6.07, 6.45) is 6.92. The summed E-state index contributed by atoms with van der Waals surface area (Å²) < 4.78 is 22.3. The highest BCUT2D eigenvalue weighted by molar-refractivity contribution is 14.1. The molecule has 19 heavy (non-hydrogen) atoms. The molecule has 2 atom stereocenters. The fourth-order valence-corrected chi connectivity index (χ4v) is 3.15. The Morgan fingerprint density at radius 2 is 1.47 bits per heavy atom. The topological polar surface area (TPSA) is 36.9 Å². The fraction of sp³-hybridized carbons (Fsp3) is 1.00. The molecule has 0 aliphatic heterocycles. The first-order valence-electron chi connectivity index (χ1n) is 7.24. The highest BCUT2D eigenvalue weighted by Crippen LogP contribution is 2.26. The van der Waals surface area contributed by atoms with E-state index in [4.69, 9.17) is 18.9 Å². The molecule has 114 valence electrons. The van der Waals surface area contributed by atoms with E-state index in [1.807, 2.05) is 0 Å². The first kappa shape index (κ1) is 17.6. The second kappa shape index (κ2) is 12.3. The van der Waals surface area contributed by atoms with Crippen LogP contribution in [0.4, 0.5) is 0 Å². The highest BCUT2D eigenvalue weighted by atomic mass is 127. The molecule has 0 aromatic rings. The van der Waals surface area contributed by atoms with Crippen molar-refractivity contribution < 1.29 is 18.9 Å². The second-order valence-corrected chi connectivity index (χ2v) is 6.38. The zero-order valence-corrected chi connectivity index (χ0v) is 14.1. The van der Waals surface area contributed by atoms with Gasteiger partial charge in [0.05, 0.1) is 45.7 Å². The molecule has 4 nitrogen and oxygen atoms in total. The normalized spacial score (nSPS) is 24.3. The molecule has 0 bridgehead atoms. The lowest BCUT2D eigenvalue weighted by molar-refractivity contribution is -0.0169. The summed E-state index contributed by atoms with van der Waals surface area (Å²) in [5.41, 5.74) is 0. The zero-order valence-electron chi connectivity index (χ0n) is 11.9. The van der Waals surface area contributed by atoms with E-state index in [9.17, 15) is 0 Å². The Morgan fingerprint density at radius 1 is 0.842 bits per heavy atom. The number of hydrogen-bond acceptors (Lipinski definition) is 4. The molecular formula is C14H27IO4. The van der Waals surface area contributed by atoms with Crippen molar-refractivity contribution in [2.75, 3.05) is 46.8 Å². The largest absolute Gasteiger partial charge is 0.382 e. The zero-order chi connectivity index (χ0) is 13.8. The highest BCUT2D eigenvalue weighted by Gasteiger charge is 2.21. The molecule has 1 aliphatic carbocycles. The lowest BCUT2D eigenvalue weighted by atomic mass is 10.1. The molecule has 1 fully saturated rings. The van der Waals surface area contributed by atoms with Crippen molar-refractivity contribution in [2.24, 2.45) is 0 Å². The van der Waals surface area contributed by atoms with Crippen LogP contribution in [-0.2, 0) is 18.9 Å². The van der Waals surface area contributed by atoms with Gasteiger partial charge >= 0.3 is 0 Å². The Bertz CT molecular complexity index is 204. The monoisotopic (exact) mass is 386 g/mol. The Labute approximate surface area is 130 Å². The molecule has 0 amide bonds. The minimum atomic E-state index is 0.421. The maximum Gasteiger partial charge on any atom is 0.0704 e. The van der Waals surface area contributed by atoms with Gasteiger partial charge < -0.3 is 18.9 Å². The third-order valence-corrected chi connectivity index (χ3v) is 4.66. The lowest BCUT2D eigenvalue weighted by Crippen LogP contribution is -2.25. The number of ether oxygens (including phenoxy) is 4. The summed E-state index contributed by atoms with van der Waals surface area (Å²) in [4.78, 5) is 0. The summed E-state index contributed by atoms with van der Waals surface area (Å²) in [5, 5.41) is 0. The molecule has 5 heteroatoms. The van der Waals surface area contributed by atoms with Gasteiger partial charge in [-0.05, 0) is 12.8 Å². The minimum Gasteiger partial charge on any atom is -0.382 e. The maximum atomic E-state index is 5.93. The number of halogens is 1. The second-order valence-electron chi connectivity index (χ2n) is 4.78. The van der Waals surface area contributed by atoms with Crippen molar-refractivity contribution in [3.05, 3.63) is 0 Å². The summed E-state index contributed by atoms with van der Waals surface area (Å²) in [7, 11) is 1.67. The van der Waals surface area contributed by atoms with Gasteiger partial charge in [-0.1, -0.05) is 41.9 Å². The maximum absolute atomic E-state index is 5.93. The molecule has 0 spiro atoms. The summed E-state index contributed by atoms with van der Waals surface area (Å²) in [6, 6.07) is 0. The molecular weight excluding hydrogens is 359 g/mol. The molecule has 0 N–H and O–H groups in total. The van der Waals surface area contributed by atoms with Crippen molar-refractivity contribution in [3.63, 3.8) is 0 Å². The van der Waals surface area contributed by atoms with E-state index < -0.39 is 0 Å². The van der Waals surface area contributed by atoms with Gasteiger partial charge in [-0.2, -0.15) is 0 Å². The van der Waals surface area contributed by atoms with Crippen LogP contribution in [-0.4, -0.2) is 56.8 Å². The number of methoxy groups -OCH3 is 1. The van der Waals surface area contributed by atoms with Crippen LogP contribution in [0.25, 0.3) is 0 Å². The van der Waals surface area contributed by atoms with Crippen LogP contribution in [0.3, 0.4) is 0 Å². The van der Waals surface area contributed by atoms with E-state index in [1.54, 1.807) is 7.11 Å². The molecule has 1 saturated carbocycles. The summed E-state index contributed by atoms with van der Waals surface area (Å²) in [6.45, 7) is 3.89. The average molecular weight is 386 g/mol. The molecule has 1 aliphatic rings. The predicted molar refractivity (Wildman–Crippen MR) is 84.1 cm³/mol. The Balaban J connectivity index is 1.89. The first-order valence-corrected chi connectivity index (χ1v) is 8.49. The molecule has 0 heterocycles. The van der Waals surface area contributed by atoms with E-state index >= 15 is 0 Å². The van der Waals surface area contributed by atoms with Crippen molar-refractivity contribution in [1.82, 2.24) is 0 Å². The minimum absolute atomic E-state index is 0.421. The van der Waals surface area contributed by atoms with Crippen LogP contribution in [0.1, 0.15) is 32.1 Å². The van der Waals surface area contributed by atoms with Crippen molar-refractivity contribution >= 4 is 22.6 Å². The molecule has 2 unspecified atom stereocenters. The van der Waals surface area contributed by atoms with E-state index in [0.717, 1.165) is 0 Å². The molecule has 0 radical (unpaired) electrons. The quantitative estimate of drug-likeness (QED) is 0.251. The van der Waals surface area contributed by atoms with Crippen LogP contribution in [0.2, 0.25) is 0 Å². The van der Waals surface area contributed by atoms with Crippen LogP contribution < -0.4 is 0 Å². The summed E-state index contributed by atoms with van der Waals surface area (Å²) in [5.74, 6) is 0. The van der Waals surface area contributed by atoms with Gasteiger partial charge in [-0.25, -0.2) is 0 Å². The number of alkyl halides is 1. The lowest BCUT2D eigenvalue weighted by Gasteiger charge is -2.20. The van der Waals surface area contributed by atoms with Gasteiger partial charge in [0.25, 0.3) is 0 Å². The molecule has 1 rings (SSSR count). The van der Waals surface area contributed by atoms with Crippen LogP contribution in [0, 0.1) is 0 Å². The Hall–Kier alpha value is 0.570. The number of rotatable bonds is 10. The van der Waals surface area contributed by atoms with Crippen molar-refractivity contribution in [2.45, 2.75) is 42.1 Å². The van der Waals surface area contributed by atoms with Gasteiger partial charge in [0.2, 0.25) is 0 Å². The van der Waals surface area contributed by atoms with Crippen LogP contribution in [0.5, 0.6) is 0 Å². The Kier molecular flexibility index (Phi) is 11.4. The third-order valence-electron chi connectivity index (χ3n) is 3.24. The number of hydrogen-bond donors (Lipinski definition) is 0. The van der Waals surface area contributed by atoms with Gasteiger partial charge in [-0.3, -0.25) is 0 Å². The fourth-order valence-electron chi connectivity index (χ4n) is 2.14. The molecule has 0 aromatic heterocycles. The summed E-state index contributed by atoms with van der Waals surface area (Å²) >= 11 is 2.53. The van der Waals surface area contributed by atoms with Crippen molar-refractivity contribution in [3.8, 4) is 0 Å². The van der Waals surface area contributed by atoms with E-state index in [2.05, 4.69) is 22.6 Å². The standard InChI is InChI=1S/C14H27IO4/c1-16-7-8-17-9-10-18-11-12-19-14-6-4-2-3-5-13(14)15/h13-14H,2-12H2,1H3. The molecule has 0 aromatic carbocycles. The van der Waals surface area contributed by atoms with Gasteiger partial charge in [0.15, 0.2) is 0 Å². The van der Waals surface area contributed by atoms with Crippen LogP contribution >= 0.6 is 22.6 Å².